The molecule has 1 rings (SSSR count). The van der Waals surface area contributed by atoms with E-state index in [1.54, 1.807) is 6.07 Å². The van der Waals surface area contributed by atoms with Gasteiger partial charge in [0, 0.05) is 6.92 Å². The highest BCUT2D eigenvalue weighted by Crippen LogP contribution is 1.95. The molecule has 0 radical (unpaired) electrons. The second-order valence-electron chi connectivity index (χ2n) is 2.24. The van der Waals surface area contributed by atoms with Crippen LogP contribution in [0.15, 0.2) is 6.07 Å². The molecule has 4 nitrogen and oxygen atoms in total. The molecule has 0 spiro atoms. The van der Waals surface area contributed by atoms with Crippen LogP contribution in [0.4, 0.5) is 5.82 Å². The largest absolute Gasteiger partial charge is 0.317 e. The molecule has 1 heterocycles. The van der Waals surface area contributed by atoms with Gasteiger partial charge in [-0.1, -0.05) is 0 Å². The molecule has 0 fully saturated rings. The molecule has 1 aromatic rings. The molecule has 0 bridgehead atoms. The first-order chi connectivity index (χ1) is 4.61. The van der Waals surface area contributed by atoms with E-state index in [0.29, 0.717) is 5.82 Å². The van der Waals surface area contributed by atoms with E-state index < -0.39 is 0 Å². The topological polar surface area (TPSA) is 68.8 Å². The van der Waals surface area contributed by atoms with Crippen molar-refractivity contribution in [1.82, 2.24) is 4.98 Å². The van der Waals surface area contributed by atoms with Crippen LogP contribution < -0.4 is 16.3 Å². The fraction of sp³-hybridized carbons (Fsp3) is 0.333. The zero-order valence-corrected chi connectivity index (χ0v) is 6.13. The Balaban J connectivity index is 3.31. The minimum Gasteiger partial charge on any atom is -0.317 e. The van der Waals surface area contributed by atoms with Gasteiger partial charge in [0.25, 0.3) is 5.82 Å². The van der Waals surface area contributed by atoms with E-state index in [1.165, 1.54) is 4.68 Å². The molecule has 0 atom stereocenters. The van der Waals surface area contributed by atoms with Crippen molar-refractivity contribution in [3.05, 3.63) is 17.6 Å². The molecule has 0 aliphatic carbocycles. The molecule has 10 heavy (non-hydrogen) atoms. The van der Waals surface area contributed by atoms with Gasteiger partial charge in [0.15, 0.2) is 0 Å². The van der Waals surface area contributed by atoms with Crippen molar-refractivity contribution in [3.8, 4) is 0 Å². The Labute approximate surface area is 59.5 Å². The van der Waals surface area contributed by atoms with Crippen LogP contribution in [0.25, 0.3) is 0 Å². The van der Waals surface area contributed by atoms with Crippen molar-refractivity contribution in [2.24, 2.45) is 0 Å². The summed E-state index contributed by atoms with van der Waals surface area (Å²) in [4.78, 5) is 4.09. The van der Waals surface area contributed by atoms with Crippen molar-refractivity contribution in [2.45, 2.75) is 13.8 Å². The maximum Gasteiger partial charge on any atom is 0.256 e. The summed E-state index contributed by atoms with van der Waals surface area (Å²) in [7, 11) is 0. The molecule has 0 unspecified atom stereocenters. The first-order valence-corrected chi connectivity index (χ1v) is 3.02. The molecule has 54 valence electrons. The molecule has 0 saturated carbocycles. The summed E-state index contributed by atoms with van der Waals surface area (Å²) in [6.45, 7) is 3.69. The summed E-state index contributed by atoms with van der Waals surface area (Å²) in [5.74, 6) is 6.73. The van der Waals surface area contributed by atoms with Gasteiger partial charge in [0.05, 0.1) is 6.07 Å². The number of aryl methyl sites for hydroxylation is 2. The van der Waals surface area contributed by atoms with E-state index in [-0.39, 0.29) is 0 Å². The summed E-state index contributed by atoms with van der Waals surface area (Å²) in [6.07, 6.45) is 0. The van der Waals surface area contributed by atoms with E-state index in [0.717, 1.165) is 11.5 Å². The Morgan fingerprint density at radius 1 is 1.50 bits per heavy atom. The second kappa shape index (κ2) is 2.13. The van der Waals surface area contributed by atoms with Crippen LogP contribution in [0.1, 0.15) is 11.5 Å². The lowest BCUT2D eigenvalue weighted by molar-refractivity contribution is -0.634. The number of hydrogen-bond acceptors (Lipinski definition) is 3. The van der Waals surface area contributed by atoms with Gasteiger partial charge < -0.3 is 5.73 Å². The van der Waals surface area contributed by atoms with Gasteiger partial charge in [-0.15, -0.1) is 9.66 Å². The monoisotopic (exact) mass is 139 g/mol. The Morgan fingerprint density at radius 3 is 2.60 bits per heavy atom. The highest BCUT2D eigenvalue weighted by atomic mass is 15.3. The first kappa shape index (κ1) is 6.80. The molecule has 1 aromatic heterocycles. The number of nitrogens with two attached hydrogens (primary N) is 2. The number of nitrogen functional groups attached to an aromatic ring is 2. The highest BCUT2D eigenvalue weighted by molar-refractivity contribution is 5.22. The molecule has 0 saturated heterocycles. The van der Waals surface area contributed by atoms with E-state index in [4.69, 9.17) is 11.6 Å². The zero-order valence-electron chi connectivity index (χ0n) is 6.13. The number of hydrogen-bond donors (Lipinski definition) is 2. The van der Waals surface area contributed by atoms with E-state index in [1.807, 2.05) is 13.8 Å². The summed E-state index contributed by atoms with van der Waals surface area (Å²) < 4.78 is 1.35. The SMILES string of the molecule is Cc1cc(N)[n+](N)c(C)n1. The Hall–Kier alpha value is -1.32. The number of anilines is 1. The van der Waals surface area contributed by atoms with Crippen LogP contribution in [0.3, 0.4) is 0 Å². The van der Waals surface area contributed by atoms with E-state index in [2.05, 4.69) is 4.98 Å². The summed E-state index contributed by atoms with van der Waals surface area (Å²) in [6, 6.07) is 1.73. The molecule has 0 aliphatic rings. The lowest BCUT2D eigenvalue weighted by Crippen LogP contribution is -2.50. The smallest absolute Gasteiger partial charge is 0.256 e. The average molecular weight is 139 g/mol. The van der Waals surface area contributed by atoms with Crippen molar-refractivity contribution in [1.29, 1.82) is 0 Å². The van der Waals surface area contributed by atoms with Crippen LogP contribution in [0.5, 0.6) is 0 Å². The van der Waals surface area contributed by atoms with Crippen molar-refractivity contribution >= 4 is 5.82 Å². The van der Waals surface area contributed by atoms with Crippen LogP contribution in [-0.2, 0) is 0 Å². The van der Waals surface area contributed by atoms with Crippen molar-refractivity contribution < 1.29 is 4.68 Å². The Morgan fingerprint density at radius 2 is 2.10 bits per heavy atom. The normalized spacial score (nSPS) is 9.80. The summed E-state index contributed by atoms with van der Waals surface area (Å²) in [5.41, 5.74) is 6.41. The van der Waals surface area contributed by atoms with Crippen LogP contribution in [0, 0.1) is 13.8 Å². The number of nitrogens with zero attached hydrogens (tertiary/aromatic N) is 2. The molecular weight excluding hydrogens is 128 g/mol. The van der Waals surface area contributed by atoms with E-state index >= 15 is 0 Å². The first-order valence-electron chi connectivity index (χ1n) is 3.02. The van der Waals surface area contributed by atoms with Crippen LogP contribution in [0.2, 0.25) is 0 Å². The van der Waals surface area contributed by atoms with Gasteiger partial charge in [-0.25, -0.2) is 0 Å². The van der Waals surface area contributed by atoms with Crippen LogP contribution >= 0.6 is 0 Å². The summed E-state index contributed by atoms with van der Waals surface area (Å²) in [5, 5.41) is 0. The predicted molar refractivity (Wildman–Crippen MR) is 38.5 cm³/mol. The highest BCUT2D eigenvalue weighted by Gasteiger charge is 2.05. The lowest BCUT2D eigenvalue weighted by Gasteiger charge is -1.98. The maximum atomic E-state index is 5.52. The van der Waals surface area contributed by atoms with Gasteiger partial charge in [-0.2, -0.15) is 0 Å². The van der Waals surface area contributed by atoms with Gasteiger partial charge in [-0.3, -0.25) is 5.84 Å². The Kier molecular flexibility index (Phi) is 1.45. The third kappa shape index (κ3) is 1.00. The predicted octanol–water partition coefficient (Wildman–Crippen LogP) is -0.718. The minimum absolute atomic E-state index is 0.532. The minimum atomic E-state index is 0.532. The third-order valence-electron chi connectivity index (χ3n) is 1.32. The Bertz CT molecular complexity index is 233. The van der Waals surface area contributed by atoms with Gasteiger partial charge in [-0.05, 0) is 6.92 Å². The van der Waals surface area contributed by atoms with Gasteiger partial charge in [0.1, 0.15) is 5.69 Å². The summed E-state index contributed by atoms with van der Waals surface area (Å²) >= 11 is 0. The molecule has 4 N–H and O–H groups in total. The second-order valence-corrected chi connectivity index (χ2v) is 2.24. The van der Waals surface area contributed by atoms with Crippen molar-refractivity contribution in [3.63, 3.8) is 0 Å². The standard InChI is InChI=1S/C6H10N4/c1-4-3-6(7)10(8)5(2)9-4/h3,7H,8H2,1-2H3/p+1. The molecule has 4 heteroatoms. The van der Waals surface area contributed by atoms with Gasteiger partial charge in [0.2, 0.25) is 5.82 Å². The van der Waals surface area contributed by atoms with Crippen molar-refractivity contribution in [2.75, 3.05) is 11.6 Å². The number of aromatic nitrogens is 2. The molecule has 0 aromatic carbocycles. The fourth-order valence-corrected chi connectivity index (χ4v) is 0.812. The zero-order chi connectivity index (χ0) is 7.72. The molecule has 0 aliphatic heterocycles. The van der Waals surface area contributed by atoms with Gasteiger partial charge >= 0.3 is 0 Å². The number of rotatable bonds is 0. The lowest BCUT2D eigenvalue weighted by atomic mass is 10.4. The molecular formula is C6H11N4+. The fourth-order valence-electron chi connectivity index (χ4n) is 0.812. The molecule has 0 amide bonds. The third-order valence-corrected chi connectivity index (χ3v) is 1.32. The average Bonchev–Trinajstić information content (AvgIpc) is 1.82. The maximum absolute atomic E-state index is 5.52. The van der Waals surface area contributed by atoms with Crippen LogP contribution in [-0.4, -0.2) is 4.98 Å². The quantitative estimate of drug-likeness (QED) is 0.368. The van der Waals surface area contributed by atoms with E-state index in [9.17, 15) is 0 Å².